The van der Waals surface area contributed by atoms with Crippen LogP contribution in [0.2, 0.25) is 0 Å². The maximum absolute atomic E-state index is 10.7. The number of hydrogen-bond donors (Lipinski definition) is 1. The summed E-state index contributed by atoms with van der Waals surface area (Å²) in [5, 5.41) is 2.42. The number of carbonyl (C=O) groups is 1. The van der Waals surface area contributed by atoms with Gasteiger partial charge in [-0.2, -0.15) is 0 Å². The lowest BCUT2D eigenvalue weighted by molar-refractivity contribution is 0.142. The van der Waals surface area contributed by atoms with Crippen LogP contribution in [-0.2, 0) is 4.74 Å². The molecule has 0 aliphatic heterocycles. The second-order valence-corrected chi connectivity index (χ2v) is 2.60. The van der Waals surface area contributed by atoms with Gasteiger partial charge in [0.2, 0.25) is 0 Å². The average Bonchev–Trinajstić information content (AvgIpc) is 2.80. The predicted molar refractivity (Wildman–Crippen MR) is 40.9 cm³/mol. The topological polar surface area (TPSA) is 38.3 Å². The highest BCUT2D eigenvalue weighted by Gasteiger charge is 2.22. The first kappa shape index (κ1) is 7.93. The standard InChI is InChI=1S/C8H11NO2/c1-2-5-9-8(10)11-6-7-3-4-7/h1,7H,3-6H2,(H,9,10). The molecular formula is C8H11NO2. The van der Waals surface area contributed by atoms with Gasteiger partial charge >= 0.3 is 6.09 Å². The van der Waals surface area contributed by atoms with Crippen LogP contribution in [0.25, 0.3) is 0 Å². The summed E-state index contributed by atoms with van der Waals surface area (Å²) < 4.78 is 4.82. The molecule has 0 atom stereocenters. The molecule has 60 valence electrons. The number of carbonyl (C=O) groups excluding carboxylic acids is 1. The van der Waals surface area contributed by atoms with Crippen molar-refractivity contribution in [1.82, 2.24) is 5.32 Å². The highest BCUT2D eigenvalue weighted by Crippen LogP contribution is 2.28. The first-order valence-corrected chi connectivity index (χ1v) is 3.67. The molecule has 11 heavy (non-hydrogen) atoms. The fraction of sp³-hybridized carbons (Fsp3) is 0.625. The number of nitrogens with one attached hydrogen (secondary N) is 1. The molecule has 1 aliphatic carbocycles. The summed E-state index contributed by atoms with van der Waals surface area (Å²) in [5.41, 5.74) is 0. The van der Waals surface area contributed by atoms with Gasteiger partial charge in [0, 0.05) is 0 Å². The van der Waals surface area contributed by atoms with E-state index in [0.29, 0.717) is 12.5 Å². The summed E-state index contributed by atoms with van der Waals surface area (Å²) in [7, 11) is 0. The molecule has 0 spiro atoms. The molecule has 1 amide bonds. The Morgan fingerprint density at radius 3 is 3.00 bits per heavy atom. The van der Waals surface area contributed by atoms with Gasteiger partial charge in [0.1, 0.15) is 0 Å². The summed E-state index contributed by atoms with van der Waals surface area (Å²) in [5.74, 6) is 2.89. The van der Waals surface area contributed by atoms with Gasteiger partial charge in [-0.3, -0.25) is 0 Å². The molecule has 0 unspecified atom stereocenters. The van der Waals surface area contributed by atoms with Crippen LogP contribution >= 0.6 is 0 Å². The van der Waals surface area contributed by atoms with Crippen molar-refractivity contribution in [3.05, 3.63) is 0 Å². The van der Waals surface area contributed by atoms with Crippen molar-refractivity contribution < 1.29 is 9.53 Å². The zero-order valence-electron chi connectivity index (χ0n) is 6.30. The van der Waals surface area contributed by atoms with Crippen molar-refractivity contribution in [2.45, 2.75) is 12.8 Å². The van der Waals surface area contributed by atoms with Gasteiger partial charge in [-0.1, -0.05) is 5.92 Å². The van der Waals surface area contributed by atoms with Crippen LogP contribution in [0.5, 0.6) is 0 Å². The van der Waals surface area contributed by atoms with Crippen molar-refractivity contribution in [3.63, 3.8) is 0 Å². The first-order valence-electron chi connectivity index (χ1n) is 3.67. The van der Waals surface area contributed by atoms with E-state index in [-0.39, 0.29) is 6.54 Å². The summed E-state index contributed by atoms with van der Waals surface area (Å²) in [6.07, 6.45) is 6.88. The van der Waals surface area contributed by atoms with E-state index in [1.807, 2.05) is 0 Å². The summed E-state index contributed by atoms with van der Waals surface area (Å²) in [6.45, 7) is 0.778. The third kappa shape index (κ3) is 3.51. The van der Waals surface area contributed by atoms with Gasteiger partial charge in [0.25, 0.3) is 0 Å². The van der Waals surface area contributed by atoms with Crippen LogP contribution in [-0.4, -0.2) is 19.2 Å². The lowest BCUT2D eigenvalue weighted by Crippen LogP contribution is -2.25. The van der Waals surface area contributed by atoms with Crippen LogP contribution in [0.1, 0.15) is 12.8 Å². The fourth-order valence-electron chi connectivity index (χ4n) is 0.652. The Balaban J connectivity index is 1.96. The Labute approximate surface area is 66.1 Å². The quantitative estimate of drug-likeness (QED) is 0.608. The molecule has 1 rings (SSSR count). The van der Waals surface area contributed by atoms with Crippen LogP contribution in [0, 0.1) is 18.3 Å². The number of terminal acetylenes is 1. The third-order valence-corrected chi connectivity index (χ3v) is 1.48. The normalized spacial score (nSPS) is 15.2. The molecule has 0 aromatic carbocycles. The minimum absolute atomic E-state index is 0.240. The van der Waals surface area contributed by atoms with Gasteiger partial charge in [0.05, 0.1) is 13.2 Å². The summed E-state index contributed by atoms with van der Waals surface area (Å²) in [6, 6.07) is 0. The Bertz CT molecular complexity index is 179. The van der Waals surface area contributed by atoms with E-state index in [2.05, 4.69) is 11.2 Å². The van der Waals surface area contributed by atoms with Crippen LogP contribution < -0.4 is 5.32 Å². The van der Waals surface area contributed by atoms with Crippen molar-refractivity contribution in [1.29, 1.82) is 0 Å². The maximum atomic E-state index is 10.7. The third-order valence-electron chi connectivity index (χ3n) is 1.48. The van der Waals surface area contributed by atoms with Crippen LogP contribution in [0.15, 0.2) is 0 Å². The summed E-state index contributed by atoms with van der Waals surface area (Å²) in [4.78, 5) is 10.7. The molecule has 1 fully saturated rings. The molecule has 0 radical (unpaired) electrons. The van der Waals surface area contributed by atoms with Gasteiger partial charge in [-0.25, -0.2) is 4.79 Å². The van der Waals surface area contributed by atoms with E-state index < -0.39 is 6.09 Å². The summed E-state index contributed by atoms with van der Waals surface area (Å²) >= 11 is 0. The molecule has 0 saturated heterocycles. The lowest BCUT2D eigenvalue weighted by atomic mass is 10.5. The van der Waals surface area contributed by atoms with Gasteiger partial charge in [-0.15, -0.1) is 6.42 Å². The van der Waals surface area contributed by atoms with Crippen molar-refractivity contribution >= 4 is 6.09 Å². The largest absolute Gasteiger partial charge is 0.449 e. The second-order valence-electron chi connectivity index (χ2n) is 2.60. The van der Waals surface area contributed by atoms with Gasteiger partial charge in [0.15, 0.2) is 0 Å². The molecule has 0 aromatic heterocycles. The van der Waals surface area contributed by atoms with E-state index in [1.54, 1.807) is 0 Å². The van der Waals surface area contributed by atoms with Gasteiger partial charge in [-0.05, 0) is 18.8 Å². The monoisotopic (exact) mass is 153 g/mol. The number of amides is 1. The first-order chi connectivity index (χ1) is 5.33. The molecule has 1 saturated carbocycles. The number of ether oxygens (including phenoxy) is 1. The number of alkyl carbamates (subject to hydrolysis) is 1. The van der Waals surface area contributed by atoms with Crippen molar-refractivity contribution in [3.8, 4) is 12.3 Å². The molecule has 0 heterocycles. The fourth-order valence-corrected chi connectivity index (χ4v) is 0.652. The Kier molecular flexibility index (Phi) is 2.79. The molecule has 3 heteroatoms. The van der Waals surface area contributed by atoms with E-state index >= 15 is 0 Å². The number of hydrogen-bond acceptors (Lipinski definition) is 2. The lowest BCUT2D eigenvalue weighted by Gasteiger charge is -2.02. The smallest absolute Gasteiger partial charge is 0.407 e. The zero-order chi connectivity index (χ0) is 8.10. The predicted octanol–water partition coefficient (Wildman–Crippen LogP) is 0.756. The van der Waals surface area contributed by atoms with E-state index in [0.717, 1.165) is 0 Å². The second kappa shape index (κ2) is 3.87. The zero-order valence-corrected chi connectivity index (χ0v) is 6.30. The molecule has 0 bridgehead atoms. The van der Waals surface area contributed by atoms with E-state index in [9.17, 15) is 4.79 Å². The highest BCUT2D eigenvalue weighted by atomic mass is 16.5. The van der Waals surface area contributed by atoms with Crippen molar-refractivity contribution in [2.24, 2.45) is 5.92 Å². The molecule has 1 aliphatic rings. The SMILES string of the molecule is C#CCNC(=O)OCC1CC1. The highest BCUT2D eigenvalue weighted by molar-refractivity contribution is 5.67. The maximum Gasteiger partial charge on any atom is 0.407 e. The Morgan fingerprint density at radius 1 is 1.73 bits per heavy atom. The minimum Gasteiger partial charge on any atom is -0.449 e. The van der Waals surface area contributed by atoms with Crippen LogP contribution in [0.4, 0.5) is 4.79 Å². The molecule has 0 aromatic rings. The van der Waals surface area contributed by atoms with Crippen LogP contribution in [0.3, 0.4) is 0 Å². The Hall–Kier alpha value is -1.17. The number of rotatable bonds is 3. The molecule has 1 N–H and O–H groups in total. The van der Waals surface area contributed by atoms with Gasteiger partial charge < -0.3 is 10.1 Å². The molecular weight excluding hydrogens is 142 g/mol. The van der Waals surface area contributed by atoms with Crippen molar-refractivity contribution in [2.75, 3.05) is 13.2 Å². The minimum atomic E-state index is -0.408. The Morgan fingerprint density at radius 2 is 2.45 bits per heavy atom. The van der Waals surface area contributed by atoms with E-state index in [1.165, 1.54) is 12.8 Å². The average molecular weight is 153 g/mol. The van der Waals surface area contributed by atoms with E-state index in [4.69, 9.17) is 11.2 Å². The molecule has 3 nitrogen and oxygen atoms in total.